The van der Waals surface area contributed by atoms with Gasteiger partial charge in [-0.15, -0.1) is 0 Å². The third kappa shape index (κ3) is 3.59. The molecule has 0 bridgehead atoms. The zero-order valence-corrected chi connectivity index (χ0v) is 12.8. The smallest absolute Gasteiger partial charge is 0.260 e. The highest BCUT2D eigenvalue weighted by Gasteiger charge is 2.22. The van der Waals surface area contributed by atoms with Crippen molar-refractivity contribution in [1.82, 2.24) is 14.9 Å². The maximum Gasteiger partial charge on any atom is 0.260 e. The van der Waals surface area contributed by atoms with Crippen molar-refractivity contribution in [2.75, 3.05) is 6.54 Å². The molecule has 20 heavy (non-hydrogen) atoms. The summed E-state index contributed by atoms with van der Waals surface area (Å²) in [6.45, 7) is 2.41. The maximum atomic E-state index is 12.2. The number of nitrogens with one attached hydrogen (secondary N) is 2. The summed E-state index contributed by atoms with van der Waals surface area (Å²) in [6.07, 6.45) is 7.22. The van der Waals surface area contributed by atoms with E-state index in [4.69, 9.17) is 5.73 Å². The number of sulfonamides is 1. The summed E-state index contributed by atoms with van der Waals surface area (Å²) in [6, 6.07) is 0. The van der Waals surface area contributed by atoms with Gasteiger partial charge in [0.2, 0.25) is 0 Å². The fraction of sp³-hybridized carbons (Fsp3) is 0.769. The van der Waals surface area contributed by atoms with Crippen molar-refractivity contribution in [1.29, 1.82) is 0 Å². The van der Waals surface area contributed by atoms with Gasteiger partial charge in [0.25, 0.3) is 10.0 Å². The molecule has 1 aliphatic carbocycles. The van der Waals surface area contributed by atoms with Gasteiger partial charge in [0, 0.05) is 24.3 Å². The maximum absolute atomic E-state index is 12.2. The third-order valence-electron chi connectivity index (χ3n) is 4.05. The quantitative estimate of drug-likeness (QED) is 0.663. The van der Waals surface area contributed by atoms with Gasteiger partial charge in [-0.25, -0.2) is 13.1 Å². The number of hydrogen-bond acceptors (Lipinski definition) is 4. The van der Waals surface area contributed by atoms with Gasteiger partial charge in [-0.2, -0.15) is 5.10 Å². The fourth-order valence-electron chi connectivity index (χ4n) is 2.86. The first kappa shape index (κ1) is 15.5. The number of H-pyrrole nitrogens is 1. The van der Waals surface area contributed by atoms with Crippen LogP contribution >= 0.6 is 0 Å². The van der Waals surface area contributed by atoms with Gasteiger partial charge in [0.05, 0.1) is 0 Å². The van der Waals surface area contributed by atoms with Gasteiger partial charge in [0.1, 0.15) is 0 Å². The number of aromatic nitrogens is 2. The summed E-state index contributed by atoms with van der Waals surface area (Å²) < 4.78 is 27.0. The summed E-state index contributed by atoms with van der Waals surface area (Å²) >= 11 is 0. The summed E-state index contributed by atoms with van der Waals surface area (Å²) in [5.41, 5.74) is 6.85. The van der Waals surface area contributed by atoms with E-state index in [-0.39, 0.29) is 11.6 Å². The first-order chi connectivity index (χ1) is 9.54. The molecular weight excluding hydrogens is 276 g/mol. The lowest BCUT2D eigenvalue weighted by Crippen LogP contribution is -2.26. The van der Waals surface area contributed by atoms with Crippen LogP contribution in [-0.2, 0) is 16.6 Å². The van der Waals surface area contributed by atoms with Crippen molar-refractivity contribution in [3.8, 4) is 0 Å². The van der Waals surface area contributed by atoms with Crippen LogP contribution in [0.15, 0.2) is 5.03 Å². The van der Waals surface area contributed by atoms with E-state index in [1.165, 1.54) is 25.7 Å². The molecule has 1 heterocycles. The molecule has 1 aliphatic rings. The summed E-state index contributed by atoms with van der Waals surface area (Å²) in [7, 11) is -3.55. The van der Waals surface area contributed by atoms with Crippen molar-refractivity contribution in [2.45, 2.75) is 57.0 Å². The molecule has 4 N–H and O–H groups in total. The van der Waals surface area contributed by atoms with Crippen molar-refractivity contribution in [2.24, 2.45) is 11.7 Å². The van der Waals surface area contributed by atoms with Crippen LogP contribution in [-0.4, -0.2) is 25.2 Å². The zero-order chi connectivity index (χ0) is 14.6. The van der Waals surface area contributed by atoms with Crippen molar-refractivity contribution in [3.05, 3.63) is 11.3 Å². The van der Waals surface area contributed by atoms with E-state index in [9.17, 15) is 8.42 Å². The Hall–Kier alpha value is -0.920. The normalized spacial score (nSPS) is 16.9. The molecule has 0 aromatic carbocycles. The Labute approximate surface area is 120 Å². The number of aryl methyl sites for hydroxylation is 1. The molecule has 114 valence electrons. The summed E-state index contributed by atoms with van der Waals surface area (Å²) in [5, 5.41) is 6.58. The van der Waals surface area contributed by atoms with E-state index >= 15 is 0 Å². The molecule has 2 rings (SSSR count). The second-order valence-corrected chi connectivity index (χ2v) is 7.21. The molecule has 0 amide bonds. The topological polar surface area (TPSA) is 101 Å². The van der Waals surface area contributed by atoms with Gasteiger partial charge in [-0.1, -0.05) is 25.7 Å². The predicted molar refractivity (Wildman–Crippen MR) is 77.6 cm³/mol. The number of hydrogen-bond donors (Lipinski definition) is 3. The minimum atomic E-state index is -3.55. The second-order valence-electron chi connectivity index (χ2n) is 5.53. The Bertz CT molecular complexity index is 533. The molecular formula is C13H24N4O2S. The molecule has 1 fully saturated rings. The first-order valence-corrected chi connectivity index (χ1v) is 8.76. The average Bonchev–Trinajstić information content (AvgIpc) is 3.04. The van der Waals surface area contributed by atoms with Gasteiger partial charge in [0.15, 0.2) is 5.03 Å². The lowest BCUT2D eigenvalue weighted by Gasteiger charge is -2.09. The highest BCUT2D eigenvalue weighted by Crippen LogP contribution is 2.28. The van der Waals surface area contributed by atoms with Crippen molar-refractivity contribution in [3.63, 3.8) is 0 Å². The van der Waals surface area contributed by atoms with Crippen LogP contribution in [0.5, 0.6) is 0 Å². The largest absolute Gasteiger partial charge is 0.326 e. The Morgan fingerprint density at radius 2 is 2.10 bits per heavy atom. The standard InChI is InChI=1S/C13H24N4O2S/c1-10-12(9-14)13(17-16-10)20(18,19)15-8-4-7-11-5-2-3-6-11/h11,15H,2-9,14H2,1H3,(H,16,17). The van der Waals surface area contributed by atoms with E-state index in [1.54, 1.807) is 6.92 Å². The van der Waals surface area contributed by atoms with Gasteiger partial charge in [-0.05, 0) is 25.7 Å². The minimum Gasteiger partial charge on any atom is -0.326 e. The molecule has 1 aromatic rings. The van der Waals surface area contributed by atoms with E-state index in [2.05, 4.69) is 14.9 Å². The summed E-state index contributed by atoms with van der Waals surface area (Å²) in [4.78, 5) is 0. The number of rotatable bonds is 7. The van der Waals surface area contributed by atoms with Crippen LogP contribution in [0.1, 0.15) is 49.8 Å². The van der Waals surface area contributed by atoms with Crippen LogP contribution in [0.4, 0.5) is 0 Å². The van der Waals surface area contributed by atoms with E-state index in [0.717, 1.165) is 18.8 Å². The molecule has 6 nitrogen and oxygen atoms in total. The van der Waals surface area contributed by atoms with Gasteiger partial charge >= 0.3 is 0 Å². The number of aromatic amines is 1. The highest BCUT2D eigenvalue weighted by atomic mass is 32.2. The minimum absolute atomic E-state index is 0.0402. The van der Waals surface area contributed by atoms with E-state index in [1.807, 2.05) is 0 Å². The van der Waals surface area contributed by atoms with Gasteiger partial charge < -0.3 is 5.73 Å². The molecule has 0 unspecified atom stereocenters. The zero-order valence-electron chi connectivity index (χ0n) is 12.0. The fourth-order valence-corrected chi connectivity index (χ4v) is 4.13. The first-order valence-electron chi connectivity index (χ1n) is 7.28. The van der Waals surface area contributed by atoms with Crippen LogP contribution in [0.25, 0.3) is 0 Å². The van der Waals surface area contributed by atoms with E-state index < -0.39 is 10.0 Å². The Balaban J connectivity index is 1.87. The lowest BCUT2D eigenvalue weighted by molar-refractivity contribution is 0.480. The highest BCUT2D eigenvalue weighted by molar-refractivity contribution is 7.89. The Kier molecular flexibility index (Phi) is 5.17. The lowest BCUT2D eigenvalue weighted by atomic mass is 10.0. The molecule has 0 aliphatic heterocycles. The number of nitrogens with two attached hydrogens (primary N) is 1. The second kappa shape index (κ2) is 6.69. The molecule has 1 saturated carbocycles. The number of nitrogens with zero attached hydrogens (tertiary/aromatic N) is 1. The van der Waals surface area contributed by atoms with Crippen molar-refractivity contribution < 1.29 is 8.42 Å². The molecule has 1 aromatic heterocycles. The average molecular weight is 300 g/mol. The Morgan fingerprint density at radius 1 is 1.40 bits per heavy atom. The summed E-state index contributed by atoms with van der Waals surface area (Å²) in [5.74, 6) is 0.784. The molecule has 0 radical (unpaired) electrons. The van der Waals surface area contributed by atoms with Crippen molar-refractivity contribution >= 4 is 10.0 Å². The molecule has 0 spiro atoms. The predicted octanol–water partition coefficient (Wildman–Crippen LogP) is 1.43. The van der Waals surface area contributed by atoms with Crippen LogP contribution in [0.2, 0.25) is 0 Å². The van der Waals surface area contributed by atoms with E-state index in [0.29, 0.717) is 17.8 Å². The Morgan fingerprint density at radius 3 is 2.75 bits per heavy atom. The van der Waals surface area contributed by atoms with Crippen LogP contribution < -0.4 is 10.5 Å². The monoisotopic (exact) mass is 300 g/mol. The van der Waals surface area contributed by atoms with Gasteiger partial charge in [-0.3, -0.25) is 5.10 Å². The molecule has 0 saturated heterocycles. The third-order valence-corrected chi connectivity index (χ3v) is 5.48. The SMILES string of the molecule is Cc1[nH]nc(S(=O)(=O)NCCCC2CCCC2)c1CN. The molecule has 0 atom stereocenters. The van der Waals surface area contributed by atoms with Crippen LogP contribution in [0, 0.1) is 12.8 Å². The molecule has 7 heteroatoms. The van der Waals surface area contributed by atoms with Crippen LogP contribution in [0.3, 0.4) is 0 Å².